The van der Waals surface area contributed by atoms with Gasteiger partial charge in [-0.15, -0.1) is 11.3 Å². The van der Waals surface area contributed by atoms with Gasteiger partial charge < -0.3 is 4.57 Å². The molecular weight excluding hydrogens is 557 g/mol. The standard InChI is InChI=1S/C39H26N4S/c1-3-12-25(13-4-1)37-40-38(26-14-5-2-6-15-26)42-39(41-37)27-16-11-17-28(24-27)43-33-20-9-7-18-29(33)31-22-23-32-30-19-8-10-21-34(30)44-36(32)35(31)43/h1-24,37H,(H,40,41,42)/p+1. The van der Waals surface area contributed by atoms with E-state index in [1.54, 1.807) is 0 Å². The van der Waals surface area contributed by atoms with E-state index in [0.29, 0.717) is 0 Å². The van der Waals surface area contributed by atoms with Crippen molar-refractivity contribution in [2.45, 2.75) is 6.17 Å². The molecule has 9 rings (SSSR count). The van der Waals surface area contributed by atoms with Crippen LogP contribution in [-0.2, 0) is 0 Å². The normalized spacial score (nSPS) is 15.2. The Kier molecular flexibility index (Phi) is 5.79. The Hall–Kier alpha value is -5.36. The molecule has 6 aromatic carbocycles. The average Bonchev–Trinajstić information content (AvgIpc) is 3.65. The predicted octanol–water partition coefficient (Wildman–Crippen LogP) is 8.62. The van der Waals surface area contributed by atoms with Gasteiger partial charge in [0.1, 0.15) is 0 Å². The summed E-state index contributed by atoms with van der Waals surface area (Å²) in [7, 11) is 0. The van der Waals surface area contributed by atoms with Gasteiger partial charge in [0.15, 0.2) is 5.84 Å². The highest BCUT2D eigenvalue weighted by atomic mass is 32.1. The first-order valence-electron chi connectivity index (χ1n) is 14.9. The fourth-order valence-corrected chi connectivity index (χ4v) is 7.75. The van der Waals surface area contributed by atoms with Crippen LogP contribution in [0.15, 0.2) is 156 Å². The van der Waals surface area contributed by atoms with E-state index in [1.165, 1.54) is 42.0 Å². The van der Waals surface area contributed by atoms with Gasteiger partial charge in [-0.3, -0.25) is 5.32 Å². The minimum atomic E-state index is -0.117. The Morgan fingerprint density at radius 1 is 0.591 bits per heavy atom. The van der Waals surface area contributed by atoms with Crippen LogP contribution in [0, 0.1) is 0 Å². The van der Waals surface area contributed by atoms with Gasteiger partial charge in [-0.25, -0.2) is 4.99 Å². The predicted molar refractivity (Wildman–Crippen MR) is 184 cm³/mol. The number of quaternary nitrogens is 1. The highest BCUT2D eigenvalue weighted by Gasteiger charge is 2.26. The van der Waals surface area contributed by atoms with Crippen LogP contribution in [0.4, 0.5) is 0 Å². The van der Waals surface area contributed by atoms with E-state index in [1.807, 2.05) is 23.5 Å². The number of hydrogen-bond donors (Lipinski definition) is 1. The largest absolute Gasteiger partial charge is 0.308 e. The Bertz CT molecular complexity index is 2420. The zero-order valence-electron chi connectivity index (χ0n) is 23.8. The third kappa shape index (κ3) is 4.02. The smallest absolute Gasteiger partial charge is 0.235 e. The number of nitrogens with two attached hydrogens (primary N) is 1. The minimum Gasteiger partial charge on any atom is -0.308 e. The zero-order chi connectivity index (χ0) is 29.0. The Morgan fingerprint density at radius 3 is 2.16 bits per heavy atom. The Labute approximate surface area is 258 Å². The van der Waals surface area contributed by atoms with Gasteiger partial charge in [-0.1, -0.05) is 109 Å². The fourth-order valence-electron chi connectivity index (χ4n) is 6.51. The van der Waals surface area contributed by atoms with Crippen molar-refractivity contribution < 1.29 is 5.32 Å². The molecule has 0 spiro atoms. The molecule has 2 N–H and O–H groups in total. The lowest BCUT2D eigenvalue weighted by Crippen LogP contribution is -2.89. The van der Waals surface area contributed by atoms with Crippen molar-refractivity contribution in [2.24, 2.45) is 9.98 Å². The van der Waals surface area contributed by atoms with E-state index < -0.39 is 0 Å². The molecule has 0 aliphatic carbocycles. The van der Waals surface area contributed by atoms with Crippen molar-refractivity contribution in [2.75, 3.05) is 0 Å². The molecule has 2 aromatic heterocycles. The Morgan fingerprint density at radius 2 is 1.30 bits per heavy atom. The first-order valence-corrected chi connectivity index (χ1v) is 15.7. The van der Waals surface area contributed by atoms with Gasteiger partial charge >= 0.3 is 0 Å². The quantitative estimate of drug-likeness (QED) is 0.216. The second-order valence-electron chi connectivity index (χ2n) is 11.2. The van der Waals surface area contributed by atoms with Crippen LogP contribution >= 0.6 is 11.3 Å². The summed E-state index contributed by atoms with van der Waals surface area (Å²) in [6.45, 7) is 0. The molecule has 0 bridgehead atoms. The summed E-state index contributed by atoms with van der Waals surface area (Å²) in [5.41, 5.74) is 6.78. The van der Waals surface area contributed by atoms with E-state index in [2.05, 4.69) is 143 Å². The lowest BCUT2D eigenvalue weighted by molar-refractivity contribution is -0.586. The molecule has 208 valence electrons. The van der Waals surface area contributed by atoms with Crippen LogP contribution in [0.5, 0.6) is 0 Å². The summed E-state index contributed by atoms with van der Waals surface area (Å²) in [5, 5.41) is 7.30. The second-order valence-corrected chi connectivity index (χ2v) is 12.2. The van der Waals surface area contributed by atoms with Crippen LogP contribution in [0.2, 0.25) is 0 Å². The van der Waals surface area contributed by atoms with Gasteiger partial charge in [-0.2, -0.15) is 4.99 Å². The number of fused-ring (bicyclic) bond motifs is 7. The van der Waals surface area contributed by atoms with Gasteiger partial charge in [0.2, 0.25) is 12.0 Å². The molecule has 0 fully saturated rings. The fraction of sp³-hybridized carbons (Fsp3) is 0.0256. The molecule has 0 radical (unpaired) electrons. The highest BCUT2D eigenvalue weighted by molar-refractivity contribution is 7.26. The van der Waals surface area contributed by atoms with E-state index >= 15 is 0 Å². The summed E-state index contributed by atoms with van der Waals surface area (Å²) in [4.78, 5) is 10.3. The molecule has 4 nitrogen and oxygen atoms in total. The molecule has 44 heavy (non-hydrogen) atoms. The molecule has 0 amide bonds. The molecular formula is C39H27N4S+. The SMILES string of the molecule is c1ccc(C2=NC(c3cccc(-n4c5ccccc5c5ccc6c7ccccc7sc6c54)c3)=NC(c3ccccc3)[NH2+]2)cc1. The van der Waals surface area contributed by atoms with Crippen molar-refractivity contribution in [1.82, 2.24) is 4.57 Å². The first-order chi connectivity index (χ1) is 21.8. The van der Waals surface area contributed by atoms with E-state index in [9.17, 15) is 0 Å². The van der Waals surface area contributed by atoms with E-state index in [4.69, 9.17) is 9.98 Å². The van der Waals surface area contributed by atoms with Crippen LogP contribution in [0.3, 0.4) is 0 Å². The number of benzene rings is 6. The molecule has 3 heterocycles. The lowest BCUT2D eigenvalue weighted by atomic mass is 10.1. The topological polar surface area (TPSA) is 46.3 Å². The first kappa shape index (κ1) is 25.2. The summed E-state index contributed by atoms with van der Waals surface area (Å²) in [5.74, 6) is 1.69. The number of aromatic nitrogens is 1. The van der Waals surface area contributed by atoms with E-state index in [-0.39, 0.29) is 6.17 Å². The number of nitrogens with zero attached hydrogens (tertiary/aromatic N) is 3. The van der Waals surface area contributed by atoms with Crippen LogP contribution in [0.25, 0.3) is 47.7 Å². The van der Waals surface area contributed by atoms with Crippen LogP contribution in [-0.4, -0.2) is 16.2 Å². The van der Waals surface area contributed by atoms with Gasteiger partial charge in [0, 0.05) is 43.1 Å². The maximum atomic E-state index is 5.19. The third-order valence-electron chi connectivity index (χ3n) is 8.56. The monoisotopic (exact) mass is 583 g/mol. The summed E-state index contributed by atoms with van der Waals surface area (Å²) in [6.07, 6.45) is -0.117. The molecule has 0 saturated heterocycles. The number of aliphatic imine (C=N–C) groups is 2. The molecule has 1 atom stereocenters. The van der Waals surface area contributed by atoms with Gasteiger partial charge in [0.05, 0.1) is 21.3 Å². The summed E-state index contributed by atoms with van der Waals surface area (Å²) < 4.78 is 5.05. The molecule has 1 aliphatic rings. The number of thiophene rings is 1. The highest BCUT2D eigenvalue weighted by Crippen LogP contribution is 2.42. The van der Waals surface area contributed by atoms with Crippen molar-refractivity contribution >= 4 is 65.0 Å². The Balaban J connectivity index is 1.27. The number of rotatable bonds is 4. The molecule has 5 heteroatoms. The van der Waals surface area contributed by atoms with E-state index in [0.717, 1.165) is 34.0 Å². The third-order valence-corrected chi connectivity index (χ3v) is 9.75. The maximum Gasteiger partial charge on any atom is 0.235 e. The van der Waals surface area contributed by atoms with Crippen molar-refractivity contribution in [1.29, 1.82) is 0 Å². The molecule has 8 aromatic rings. The number of hydrogen-bond acceptors (Lipinski definition) is 3. The molecule has 1 aliphatic heterocycles. The number of para-hydroxylation sites is 1. The summed E-state index contributed by atoms with van der Waals surface area (Å²) >= 11 is 1.87. The summed E-state index contributed by atoms with van der Waals surface area (Å²) in [6, 6.07) is 51.6. The van der Waals surface area contributed by atoms with Crippen molar-refractivity contribution in [3.63, 3.8) is 0 Å². The molecule has 0 saturated carbocycles. The number of amidine groups is 2. The van der Waals surface area contributed by atoms with Crippen LogP contribution in [0.1, 0.15) is 22.9 Å². The average molecular weight is 584 g/mol. The maximum absolute atomic E-state index is 5.19. The zero-order valence-corrected chi connectivity index (χ0v) is 24.6. The van der Waals surface area contributed by atoms with Crippen molar-refractivity contribution in [3.05, 3.63) is 162 Å². The lowest BCUT2D eigenvalue weighted by Gasteiger charge is -2.19. The molecule has 1 unspecified atom stereocenters. The second kappa shape index (κ2) is 10.1. The van der Waals surface area contributed by atoms with Gasteiger partial charge in [0.25, 0.3) is 0 Å². The minimum absolute atomic E-state index is 0.117. The van der Waals surface area contributed by atoms with Crippen molar-refractivity contribution in [3.8, 4) is 5.69 Å². The van der Waals surface area contributed by atoms with Crippen LogP contribution < -0.4 is 5.32 Å². The van der Waals surface area contributed by atoms with Gasteiger partial charge in [-0.05, 0) is 36.4 Å².